The first-order valence-electron chi connectivity index (χ1n) is 14.2. The van der Waals surface area contributed by atoms with Crippen molar-refractivity contribution >= 4 is 29.8 Å². The number of likely N-dealkylation sites (tertiary alicyclic amines) is 1. The molecule has 36 heavy (non-hydrogen) atoms. The van der Waals surface area contributed by atoms with Crippen molar-refractivity contribution in [1.29, 1.82) is 0 Å². The number of hydrogen-bond donors (Lipinski definition) is 1. The summed E-state index contributed by atoms with van der Waals surface area (Å²) < 4.78 is 2.89. The van der Waals surface area contributed by atoms with Gasteiger partial charge >= 0.3 is 6.03 Å². The van der Waals surface area contributed by atoms with Gasteiger partial charge in [-0.1, -0.05) is 20.8 Å². The van der Waals surface area contributed by atoms with Gasteiger partial charge in [-0.2, -0.15) is 0 Å². The van der Waals surface area contributed by atoms with Crippen LogP contribution in [0.3, 0.4) is 0 Å². The van der Waals surface area contributed by atoms with Gasteiger partial charge in [-0.15, -0.1) is 0 Å². The minimum Gasteiger partial charge on any atom is -0.342 e. The number of hydrogen-bond acceptors (Lipinski definition) is 5. The maximum Gasteiger partial charge on any atom is 0.334 e. The predicted octanol–water partition coefficient (Wildman–Crippen LogP) is 4.62. The molecule has 0 bridgehead atoms. The highest BCUT2D eigenvalue weighted by atomic mass is 32.2. The van der Waals surface area contributed by atoms with Crippen molar-refractivity contribution in [3.05, 3.63) is 0 Å². The molecule has 204 valence electrons. The third-order valence-corrected chi connectivity index (χ3v) is 11.3. The molecule has 7 nitrogen and oxygen atoms in total. The molecule has 1 aliphatic heterocycles. The van der Waals surface area contributed by atoms with E-state index in [1.807, 2.05) is 33.0 Å². The van der Waals surface area contributed by atoms with Gasteiger partial charge in [-0.25, -0.2) is 4.79 Å². The Balaban J connectivity index is 1.52. The molecule has 0 aromatic heterocycles. The van der Waals surface area contributed by atoms with Crippen LogP contribution in [0.4, 0.5) is 4.79 Å². The second-order valence-corrected chi connectivity index (χ2v) is 13.7. The molecule has 2 unspecified atom stereocenters. The van der Waals surface area contributed by atoms with Crippen LogP contribution in [0.25, 0.3) is 0 Å². The third-order valence-electron chi connectivity index (χ3n) is 10.7. The van der Waals surface area contributed by atoms with Crippen molar-refractivity contribution in [3.63, 3.8) is 0 Å². The number of amides is 4. The quantitative estimate of drug-likeness (QED) is 0.496. The van der Waals surface area contributed by atoms with Crippen LogP contribution >= 0.6 is 11.9 Å². The lowest BCUT2D eigenvalue weighted by atomic mass is 9.47. The molecule has 4 rings (SSSR count). The van der Waals surface area contributed by atoms with E-state index in [0.29, 0.717) is 42.7 Å². The molecule has 1 N–H and O–H groups in total. The molecule has 0 spiro atoms. The average Bonchev–Trinajstić information content (AvgIpc) is 3.19. The van der Waals surface area contributed by atoms with E-state index in [2.05, 4.69) is 23.5 Å². The Kier molecular flexibility index (Phi) is 8.35. The molecule has 4 aliphatic rings. The summed E-state index contributed by atoms with van der Waals surface area (Å²) in [6, 6.07) is 0.101. The van der Waals surface area contributed by atoms with Gasteiger partial charge in [-0.05, 0) is 113 Å². The molecule has 1 saturated heterocycles. The first-order chi connectivity index (χ1) is 17.0. The van der Waals surface area contributed by atoms with E-state index < -0.39 is 0 Å². The zero-order valence-electron chi connectivity index (χ0n) is 23.3. The van der Waals surface area contributed by atoms with E-state index in [1.165, 1.54) is 16.8 Å². The molecule has 3 saturated carbocycles. The lowest BCUT2D eigenvalue weighted by molar-refractivity contribution is -0.160. The number of carbonyl (C=O) groups excluding carboxylic acids is 3. The van der Waals surface area contributed by atoms with Crippen molar-refractivity contribution in [2.24, 2.45) is 34.5 Å². The zero-order valence-corrected chi connectivity index (χ0v) is 24.2. The van der Waals surface area contributed by atoms with Crippen molar-refractivity contribution in [2.45, 2.75) is 84.6 Å². The number of carbonyl (C=O) groups is 3. The van der Waals surface area contributed by atoms with Gasteiger partial charge in [0.2, 0.25) is 11.8 Å². The summed E-state index contributed by atoms with van der Waals surface area (Å²) in [5.41, 5.74) is 0.139. The lowest BCUT2D eigenvalue weighted by Gasteiger charge is -2.61. The topological polar surface area (TPSA) is 73.0 Å². The van der Waals surface area contributed by atoms with Crippen LogP contribution in [-0.2, 0) is 9.59 Å². The second-order valence-electron chi connectivity index (χ2n) is 12.6. The number of rotatable bonds is 7. The first kappa shape index (κ1) is 27.7. The molecule has 4 fully saturated rings. The monoisotopic (exact) mass is 520 g/mol. The van der Waals surface area contributed by atoms with Gasteiger partial charge in [0.1, 0.15) is 0 Å². The Bertz CT molecular complexity index is 853. The Morgan fingerprint density at radius 3 is 2.44 bits per heavy atom. The van der Waals surface area contributed by atoms with Crippen LogP contribution in [0.15, 0.2) is 0 Å². The highest BCUT2D eigenvalue weighted by Gasteiger charge is 2.62. The molecule has 8 heteroatoms. The Morgan fingerprint density at radius 1 is 1.03 bits per heavy atom. The predicted molar refractivity (Wildman–Crippen MR) is 145 cm³/mol. The largest absolute Gasteiger partial charge is 0.342 e. The summed E-state index contributed by atoms with van der Waals surface area (Å²) in [5.74, 6) is 2.81. The fraction of sp³-hybridized carbons (Fsp3) is 0.893. The number of fused-ring (bicyclic) bond motifs is 5. The average molecular weight is 521 g/mol. The van der Waals surface area contributed by atoms with Gasteiger partial charge < -0.3 is 9.80 Å². The molecule has 1 heterocycles. The number of nitrogens with one attached hydrogen (secondary N) is 1. The zero-order chi connectivity index (χ0) is 26.3. The molecule has 0 aromatic carbocycles. The smallest absolute Gasteiger partial charge is 0.334 e. The highest BCUT2D eigenvalue weighted by molar-refractivity contribution is 7.97. The summed E-state index contributed by atoms with van der Waals surface area (Å²) in [5, 5.41) is 0. The Labute approximate surface area is 222 Å². The van der Waals surface area contributed by atoms with E-state index in [4.69, 9.17) is 0 Å². The Morgan fingerprint density at radius 2 is 1.75 bits per heavy atom. The van der Waals surface area contributed by atoms with Crippen molar-refractivity contribution in [3.8, 4) is 0 Å². The van der Waals surface area contributed by atoms with Crippen LogP contribution in [0.2, 0.25) is 0 Å². The molecular weight excluding hydrogens is 472 g/mol. The van der Waals surface area contributed by atoms with Crippen molar-refractivity contribution in [2.75, 3.05) is 40.0 Å². The standard InChI is InChI=1S/C28H48N4O3S/c1-7-36-29-26(35)32(18-8-17-30(4)5)25(34)22-11-10-20-19-9-12-23-28(3,16-14-24(33)31(23)6)21(19)13-15-27(20,22)2/h19-23H,7-18H2,1-6H3,(H,29,35)/t19-,20-,21+,22?,23?,27-,28+/m0/s1. The molecule has 0 aromatic rings. The van der Waals surface area contributed by atoms with Gasteiger partial charge in [-0.3, -0.25) is 19.2 Å². The summed E-state index contributed by atoms with van der Waals surface area (Å²) in [6.45, 7) is 8.12. The molecule has 7 atom stereocenters. The number of piperidine rings is 1. The van der Waals surface area contributed by atoms with Crippen molar-refractivity contribution in [1.82, 2.24) is 19.4 Å². The van der Waals surface area contributed by atoms with Crippen LogP contribution in [0.5, 0.6) is 0 Å². The van der Waals surface area contributed by atoms with Crippen LogP contribution in [0.1, 0.15) is 78.6 Å². The van der Waals surface area contributed by atoms with Gasteiger partial charge in [0.05, 0.1) is 0 Å². The number of imide groups is 1. The number of urea groups is 1. The van der Waals surface area contributed by atoms with Crippen molar-refractivity contribution < 1.29 is 14.4 Å². The van der Waals surface area contributed by atoms with E-state index in [-0.39, 0.29) is 28.7 Å². The van der Waals surface area contributed by atoms with Crippen LogP contribution < -0.4 is 4.72 Å². The molecule has 4 amide bonds. The fourth-order valence-electron chi connectivity index (χ4n) is 8.79. The lowest BCUT2D eigenvalue weighted by Crippen LogP contribution is -2.61. The normalized spacial score (nSPS) is 37.8. The minimum absolute atomic E-state index is 0.0364. The first-order valence-corrected chi connectivity index (χ1v) is 15.2. The van der Waals surface area contributed by atoms with Gasteiger partial charge in [0, 0.05) is 37.7 Å². The SMILES string of the molecule is CCSNC(=O)N(CCCN(C)C)C(=O)C1CC[C@H]2[C@@H]3CCC4N(C)C(=O)CC[C@]4(C)[C@@H]3CC[C@]12C. The molecular formula is C28H48N4O3S. The van der Waals surface area contributed by atoms with Gasteiger partial charge in [0.15, 0.2) is 0 Å². The molecule has 3 aliphatic carbocycles. The van der Waals surface area contributed by atoms with E-state index in [0.717, 1.165) is 63.7 Å². The summed E-state index contributed by atoms with van der Waals surface area (Å²) in [7, 11) is 6.06. The van der Waals surface area contributed by atoms with E-state index >= 15 is 0 Å². The van der Waals surface area contributed by atoms with E-state index in [9.17, 15) is 14.4 Å². The van der Waals surface area contributed by atoms with Gasteiger partial charge in [0.25, 0.3) is 0 Å². The third kappa shape index (κ3) is 4.81. The highest BCUT2D eigenvalue weighted by Crippen LogP contribution is 2.66. The summed E-state index contributed by atoms with van der Waals surface area (Å²) in [6.07, 6.45) is 8.85. The van der Waals surface area contributed by atoms with E-state index in [1.54, 1.807) is 0 Å². The Hall–Kier alpha value is -1.28. The summed E-state index contributed by atoms with van der Waals surface area (Å²) in [4.78, 5) is 45.2. The van der Waals surface area contributed by atoms with Crippen LogP contribution in [0, 0.1) is 34.5 Å². The van der Waals surface area contributed by atoms with Crippen LogP contribution in [-0.4, -0.2) is 78.6 Å². The summed E-state index contributed by atoms with van der Waals surface area (Å²) >= 11 is 1.36. The molecule has 0 radical (unpaired) electrons. The fourth-order valence-corrected chi connectivity index (χ4v) is 9.17. The number of nitrogens with zero attached hydrogens (tertiary/aromatic N) is 3. The maximum atomic E-state index is 14.0. The maximum absolute atomic E-state index is 14.0. The minimum atomic E-state index is -0.255. The second kappa shape index (κ2) is 10.8.